The Morgan fingerprint density at radius 1 is 1.42 bits per heavy atom. The Kier molecular flexibility index (Phi) is 3.03. The lowest BCUT2D eigenvalue weighted by Crippen LogP contribution is -2.23. The van der Waals surface area contributed by atoms with Crippen molar-refractivity contribution in [2.24, 2.45) is 5.73 Å². The lowest BCUT2D eigenvalue weighted by atomic mass is 10.1. The first-order valence-electron chi connectivity index (χ1n) is 6.75. The Labute approximate surface area is 113 Å². The minimum absolute atomic E-state index is 0.100. The quantitative estimate of drug-likeness (QED) is 0.779. The van der Waals surface area contributed by atoms with Crippen molar-refractivity contribution in [1.82, 2.24) is 9.78 Å². The highest BCUT2D eigenvalue weighted by Crippen LogP contribution is 2.38. The number of aromatic nitrogens is 2. The van der Waals surface area contributed by atoms with Gasteiger partial charge in [0.1, 0.15) is 5.75 Å². The molecule has 1 aromatic heterocycles. The van der Waals surface area contributed by atoms with Crippen molar-refractivity contribution in [2.45, 2.75) is 32.9 Å². The molecule has 2 aromatic rings. The predicted molar refractivity (Wildman–Crippen MR) is 75.3 cm³/mol. The van der Waals surface area contributed by atoms with E-state index in [0.29, 0.717) is 6.61 Å². The Bertz CT molecular complexity index is 601. The highest BCUT2D eigenvalue weighted by molar-refractivity contribution is 5.75. The van der Waals surface area contributed by atoms with E-state index < -0.39 is 0 Å². The third-order valence-electron chi connectivity index (χ3n) is 3.40. The van der Waals surface area contributed by atoms with Crippen LogP contribution in [-0.2, 0) is 13.0 Å². The smallest absolute Gasteiger partial charge is 0.119 e. The van der Waals surface area contributed by atoms with Gasteiger partial charge in [-0.1, -0.05) is 6.07 Å². The number of nitrogens with two attached hydrogens (primary N) is 1. The molecule has 0 saturated carbocycles. The molecule has 0 saturated heterocycles. The summed E-state index contributed by atoms with van der Waals surface area (Å²) in [4.78, 5) is 0. The molecule has 0 spiro atoms. The van der Waals surface area contributed by atoms with E-state index in [9.17, 15) is 0 Å². The van der Waals surface area contributed by atoms with Gasteiger partial charge in [0.05, 0.1) is 25.0 Å². The Balaban J connectivity index is 2.03. The van der Waals surface area contributed by atoms with Crippen LogP contribution in [0.5, 0.6) is 5.75 Å². The second-order valence-electron chi connectivity index (χ2n) is 5.11. The molecular weight excluding hydrogens is 238 g/mol. The molecule has 0 fully saturated rings. The summed E-state index contributed by atoms with van der Waals surface area (Å²) in [5.74, 6) is 0.919. The number of benzene rings is 1. The van der Waals surface area contributed by atoms with E-state index in [4.69, 9.17) is 10.5 Å². The zero-order valence-electron chi connectivity index (χ0n) is 11.4. The highest BCUT2D eigenvalue weighted by atomic mass is 16.5. The van der Waals surface area contributed by atoms with Crippen LogP contribution in [-0.4, -0.2) is 22.4 Å². The number of rotatable bonds is 4. The minimum atomic E-state index is 0.100. The van der Waals surface area contributed by atoms with Crippen LogP contribution in [0.25, 0.3) is 11.3 Å². The lowest BCUT2D eigenvalue weighted by molar-refractivity contribution is 0.340. The number of ether oxygens (including phenoxy) is 1. The van der Waals surface area contributed by atoms with Gasteiger partial charge in [0.25, 0.3) is 0 Å². The van der Waals surface area contributed by atoms with Crippen LogP contribution in [0.2, 0.25) is 0 Å². The van der Waals surface area contributed by atoms with Crippen molar-refractivity contribution in [3.05, 3.63) is 35.5 Å². The number of hydrogen-bond donors (Lipinski definition) is 1. The van der Waals surface area contributed by atoms with E-state index in [2.05, 4.69) is 17.2 Å². The SMILES string of the molecule is CCOc1ccc2c(c1)-c1c(cnn1CC(C)N)C2. The molecule has 0 bridgehead atoms. The summed E-state index contributed by atoms with van der Waals surface area (Å²) in [6.07, 6.45) is 2.91. The van der Waals surface area contributed by atoms with Crippen LogP contribution in [0.4, 0.5) is 0 Å². The highest BCUT2D eigenvalue weighted by Gasteiger charge is 2.24. The van der Waals surface area contributed by atoms with E-state index in [0.717, 1.165) is 18.7 Å². The fourth-order valence-corrected chi connectivity index (χ4v) is 2.67. The van der Waals surface area contributed by atoms with Crippen LogP contribution < -0.4 is 10.5 Å². The molecule has 1 atom stereocenters. The molecular formula is C15H19N3O. The van der Waals surface area contributed by atoms with Crippen LogP contribution in [0, 0.1) is 0 Å². The average molecular weight is 257 g/mol. The molecule has 0 amide bonds. The first-order chi connectivity index (χ1) is 9.19. The van der Waals surface area contributed by atoms with Gasteiger partial charge in [-0.25, -0.2) is 0 Å². The zero-order chi connectivity index (χ0) is 13.4. The monoisotopic (exact) mass is 257 g/mol. The third-order valence-corrected chi connectivity index (χ3v) is 3.40. The van der Waals surface area contributed by atoms with E-state index >= 15 is 0 Å². The summed E-state index contributed by atoms with van der Waals surface area (Å²) in [6, 6.07) is 6.40. The van der Waals surface area contributed by atoms with E-state index in [1.807, 2.05) is 30.8 Å². The minimum Gasteiger partial charge on any atom is -0.494 e. The second-order valence-corrected chi connectivity index (χ2v) is 5.11. The van der Waals surface area contributed by atoms with Crippen molar-refractivity contribution in [3.63, 3.8) is 0 Å². The molecule has 1 aliphatic carbocycles. The molecule has 4 heteroatoms. The topological polar surface area (TPSA) is 53.1 Å². The average Bonchev–Trinajstić information content (AvgIpc) is 2.89. The molecule has 3 rings (SSSR count). The summed E-state index contributed by atoms with van der Waals surface area (Å²) in [5, 5.41) is 4.45. The maximum Gasteiger partial charge on any atom is 0.119 e. The van der Waals surface area contributed by atoms with Crippen molar-refractivity contribution in [1.29, 1.82) is 0 Å². The van der Waals surface area contributed by atoms with Crippen molar-refractivity contribution < 1.29 is 4.74 Å². The van der Waals surface area contributed by atoms with Gasteiger partial charge in [-0.2, -0.15) is 5.10 Å². The van der Waals surface area contributed by atoms with Gasteiger partial charge in [-0.15, -0.1) is 0 Å². The Morgan fingerprint density at radius 2 is 2.26 bits per heavy atom. The van der Waals surface area contributed by atoms with Gasteiger partial charge < -0.3 is 10.5 Å². The normalized spacial score (nSPS) is 14.1. The van der Waals surface area contributed by atoms with Gasteiger partial charge in [-0.3, -0.25) is 4.68 Å². The largest absolute Gasteiger partial charge is 0.494 e. The zero-order valence-corrected chi connectivity index (χ0v) is 11.4. The third kappa shape index (κ3) is 2.12. The van der Waals surface area contributed by atoms with Crippen LogP contribution >= 0.6 is 0 Å². The lowest BCUT2D eigenvalue weighted by Gasteiger charge is -2.11. The maximum atomic E-state index is 5.89. The Hall–Kier alpha value is -1.81. The molecule has 19 heavy (non-hydrogen) atoms. The number of fused-ring (bicyclic) bond motifs is 3. The molecule has 2 N–H and O–H groups in total. The summed E-state index contributed by atoms with van der Waals surface area (Å²) < 4.78 is 7.60. The summed E-state index contributed by atoms with van der Waals surface area (Å²) in [5.41, 5.74) is 11.0. The molecule has 1 aliphatic rings. The van der Waals surface area contributed by atoms with Crippen molar-refractivity contribution in [3.8, 4) is 17.0 Å². The van der Waals surface area contributed by atoms with E-state index in [-0.39, 0.29) is 6.04 Å². The fraction of sp³-hybridized carbons (Fsp3) is 0.400. The molecule has 1 unspecified atom stereocenters. The van der Waals surface area contributed by atoms with Crippen molar-refractivity contribution in [2.75, 3.05) is 6.61 Å². The Morgan fingerprint density at radius 3 is 3.00 bits per heavy atom. The summed E-state index contributed by atoms with van der Waals surface area (Å²) >= 11 is 0. The fourth-order valence-electron chi connectivity index (χ4n) is 2.67. The molecule has 100 valence electrons. The summed E-state index contributed by atoms with van der Waals surface area (Å²) in [6.45, 7) is 5.43. The molecule has 0 aliphatic heterocycles. The maximum absolute atomic E-state index is 5.89. The van der Waals surface area contributed by atoms with Gasteiger partial charge in [0.2, 0.25) is 0 Å². The molecule has 1 aromatic carbocycles. The first-order valence-corrected chi connectivity index (χ1v) is 6.75. The van der Waals surface area contributed by atoms with Gasteiger partial charge in [-0.05, 0) is 31.5 Å². The standard InChI is InChI=1S/C15H19N3O/c1-3-19-13-5-4-11-6-12-8-17-18(9-10(2)16)15(12)14(11)7-13/h4-5,7-8,10H,3,6,9,16H2,1-2H3. The molecule has 1 heterocycles. The van der Waals surface area contributed by atoms with Crippen molar-refractivity contribution >= 4 is 0 Å². The number of nitrogens with zero attached hydrogens (tertiary/aromatic N) is 2. The van der Waals surface area contributed by atoms with Gasteiger partial charge in [0.15, 0.2) is 0 Å². The van der Waals surface area contributed by atoms with E-state index in [1.165, 1.54) is 22.4 Å². The predicted octanol–water partition coefficient (Wildman–Crippen LogP) is 2.20. The first kappa shape index (κ1) is 12.2. The van der Waals surface area contributed by atoms with E-state index in [1.54, 1.807) is 0 Å². The summed E-state index contributed by atoms with van der Waals surface area (Å²) in [7, 11) is 0. The van der Waals surface area contributed by atoms with Crippen LogP contribution in [0.3, 0.4) is 0 Å². The molecule has 4 nitrogen and oxygen atoms in total. The van der Waals surface area contributed by atoms with Gasteiger partial charge >= 0.3 is 0 Å². The number of hydrogen-bond acceptors (Lipinski definition) is 3. The molecule has 0 radical (unpaired) electrons. The van der Waals surface area contributed by atoms with Gasteiger partial charge in [0, 0.05) is 23.6 Å². The van der Waals surface area contributed by atoms with Crippen LogP contribution in [0.15, 0.2) is 24.4 Å². The second kappa shape index (κ2) is 4.70. The van der Waals surface area contributed by atoms with Crippen LogP contribution in [0.1, 0.15) is 25.0 Å².